The number of amides is 1. The predicted octanol–water partition coefficient (Wildman–Crippen LogP) is -0.654. The minimum atomic E-state index is -1.01. The first kappa shape index (κ1) is 12.9. The molecule has 0 aromatic rings. The molecule has 1 saturated heterocycles. The van der Waals surface area contributed by atoms with E-state index in [0.29, 0.717) is 32.6 Å². The molecule has 0 aromatic carbocycles. The Hall–Kier alpha value is -1.14. The molecule has 1 rings (SSSR count). The van der Waals surface area contributed by atoms with Crippen molar-refractivity contribution in [2.45, 2.75) is 25.3 Å². The lowest BCUT2D eigenvalue weighted by atomic mass is 9.90. The topological polar surface area (TPSA) is 87.7 Å². The lowest BCUT2D eigenvalue weighted by Gasteiger charge is -2.33. The van der Waals surface area contributed by atoms with Crippen molar-refractivity contribution in [2.24, 2.45) is 0 Å². The van der Waals surface area contributed by atoms with Gasteiger partial charge in [0.15, 0.2) is 0 Å². The van der Waals surface area contributed by atoms with Gasteiger partial charge in [0.05, 0.1) is 6.54 Å². The lowest BCUT2D eigenvalue weighted by Crippen LogP contribution is -2.57. The number of aliphatic carboxylic acids is 1. The molecule has 1 aliphatic heterocycles. The Morgan fingerprint density at radius 3 is 2.50 bits per heavy atom. The number of carboxylic acids is 1. The molecule has 0 unspecified atom stereocenters. The fourth-order valence-electron chi connectivity index (χ4n) is 1.70. The van der Waals surface area contributed by atoms with Crippen molar-refractivity contribution in [3.63, 3.8) is 0 Å². The van der Waals surface area contributed by atoms with Crippen LogP contribution in [-0.2, 0) is 14.3 Å². The second-order valence-electron chi connectivity index (χ2n) is 3.81. The molecule has 0 aliphatic carbocycles. The van der Waals surface area contributed by atoms with Crippen molar-refractivity contribution in [3.05, 3.63) is 0 Å². The molecule has 3 N–H and O–H groups in total. The van der Waals surface area contributed by atoms with Crippen molar-refractivity contribution >= 4 is 11.9 Å². The Morgan fingerprint density at radius 1 is 1.38 bits per heavy atom. The lowest BCUT2D eigenvalue weighted by molar-refractivity contribution is -0.149. The number of rotatable bonds is 5. The van der Waals surface area contributed by atoms with Gasteiger partial charge < -0.3 is 15.2 Å². The Bertz CT molecular complexity index is 262. The zero-order valence-electron chi connectivity index (χ0n) is 9.41. The Balaban J connectivity index is 2.51. The number of likely N-dealkylation sites (N-methyl/N-ethyl adjacent to an activating group) is 1. The van der Waals surface area contributed by atoms with Crippen LogP contribution in [0.1, 0.15) is 19.8 Å². The van der Waals surface area contributed by atoms with Crippen LogP contribution in [0.2, 0.25) is 0 Å². The standard InChI is InChI=1S/C10H18N2O4/c1-2-11-8(13)7-12-10(9(14)15)3-5-16-6-4-10/h12H,2-7H2,1H3,(H,11,13)(H,14,15). The molecule has 0 saturated carbocycles. The number of carbonyl (C=O) groups is 2. The first-order chi connectivity index (χ1) is 7.60. The van der Waals surface area contributed by atoms with E-state index in [1.807, 2.05) is 6.92 Å². The summed E-state index contributed by atoms with van der Waals surface area (Å²) in [7, 11) is 0. The quantitative estimate of drug-likeness (QED) is 0.584. The van der Waals surface area contributed by atoms with Gasteiger partial charge in [0.1, 0.15) is 5.54 Å². The van der Waals surface area contributed by atoms with E-state index in [4.69, 9.17) is 4.74 Å². The average molecular weight is 230 g/mol. The maximum atomic E-state index is 11.3. The maximum Gasteiger partial charge on any atom is 0.324 e. The van der Waals surface area contributed by atoms with Gasteiger partial charge in [0, 0.05) is 19.8 Å². The number of ether oxygens (including phenoxy) is 1. The maximum absolute atomic E-state index is 11.3. The largest absolute Gasteiger partial charge is 0.480 e. The van der Waals surface area contributed by atoms with Gasteiger partial charge in [-0.2, -0.15) is 0 Å². The summed E-state index contributed by atoms with van der Waals surface area (Å²) in [6, 6.07) is 0. The molecule has 1 fully saturated rings. The van der Waals surface area contributed by atoms with Crippen LogP contribution >= 0.6 is 0 Å². The average Bonchev–Trinajstić information content (AvgIpc) is 2.28. The van der Waals surface area contributed by atoms with Gasteiger partial charge in [0.25, 0.3) is 0 Å². The van der Waals surface area contributed by atoms with Crippen LogP contribution in [-0.4, -0.2) is 48.8 Å². The number of hydrogen-bond acceptors (Lipinski definition) is 4. The van der Waals surface area contributed by atoms with Gasteiger partial charge in [-0.05, 0) is 19.8 Å². The van der Waals surface area contributed by atoms with Gasteiger partial charge in [-0.1, -0.05) is 0 Å². The van der Waals surface area contributed by atoms with Crippen LogP contribution in [0, 0.1) is 0 Å². The van der Waals surface area contributed by atoms with E-state index in [-0.39, 0.29) is 12.5 Å². The molecule has 0 aromatic heterocycles. The summed E-state index contributed by atoms with van der Waals surface area (Å²) in [4.78, 5) is 22.4. The number of hydrogen-bond donors (Lipinski definition) is 3. The molecule has 6 heteroatoms. The van der Waals surface area contributed by atoms with Crippen LogP contribution in [0.4, 0.5) is 0 Å². The van der Waals surface area contributed by atoms with Crippen LogP contribution < -0.4 is 10.6 Å². The summed E-state index contributed by atoms with van der Waals surface area (Å²) in [5.74, 6) is -1.10. The van der Waals surface area contributed by atoms with Crippen molar-refractivity contribution in [3.8, 4) is 0 Å². The van der Waals surface area contributed by atoms with E-state index in [1.54, 1.807) is 0 Å². The highest BCUT2D eigenvalue weighted by molar-refractivity contribution is 5.82. The summed E-state index contributed by atoms with van der Waals surface area (Å²) in [5.41, 5.74) is -1.01. The van der Waals surface area contributed by atoms with Crippen molar-refractivity contribution < 1.29 is 19.4 Å². The highest BCUT2D eigenvalue weighted by Gasteiger charge is 2.39. The first-order valence-corrected chi connectivity index (χ1v) is 5.43. The monoisotopic (exact) mass is 230 g/mol. The van der Waals surface area contributed by atoms with Crippen LogP contribution in [0.5, 0.6) is 0 Å². The SMILES string of the molecule is CCNC(=O)CNC1(C(=O)O)CCOCC1. The second-order valence-corrected chi connectivity index (χ2v) is 3.81. The smallest absolute Gasteiger partial charge is 0.324 e. The molecule has 1 aliphatic rings. The van der Waals surface area contributed by atoms with Gasteiger partial charge in [-0.3, -0.25) is 14.9 Å². The number of carbonyl (C=O) groups excluding carboxylic acids is 1. The zero-order valence-corrected chi connectivity index (χ0v) is 9.41. The molecule has 92 valence electrons. The summed E-state index contributed by atoms with van der Waals surface area (Å²) in [6.07, 6.45) is 0.781. The van der Waals surface area contributed by atoms with Crippen LogP contribution in [0.3, 0.4) is 0 Å². The van der Waals surface area contributed by atoms with Crippen LogP contribution in [0.15, 0.2) is 0 Å². The molecular weight excluding hydrogens is 212 g/mol. The van der Waals surface area contributed by atoms with Crippen LogP contribution in [0.25, 0.3) is 0 Å². The number of carboxylic acid groups (broad SMARTS) is 1. The highest BCUT2D eigenvalue weighted by atomic mass is 16.5. The van der Waals surface area contributed by atoms with E-state index < -0.39 is 11.5 Å². The minimum Gasteiger partial charge on any atom is -0.480 e. The third kappa shape index (κ3) is 3.18. The van der Waals surface area contributed by atoms with E-state index in [0.717, 1.165) is 0 Å². The molecule has 1 amide bonds. The van der Waals surface area contributed by atoms with Gasteiger partial charge in [-0.25, -0.2) is 0 Å². The fourth-order valence-corrected chi connectivity index (χ4v) is 1.70. The van der Waals surface area contributed by atoms with Crippen molar-refractivity contribution in [2.75, 3.05) is 26.3 Å². The highest BCUT2D eigenvalue weighted by Crippen LogP contribution is 2.20. The molecule has 1 heterocycles. The van der Waals surface area contributed by atoms with E-state index >= 15 is 0 Å². The van der Waals surface area contributed by atoms with Gasteiger partial charge >= 0.3 is 5.97 Å². The molecule has 0 radical (unpaired) electrons. The normalized spacial score (nSPS) is 19.1. The molecule has 6 nitrogen and oxygen atoms in total. The Morgan fingerprint density at radius 2 is 2.00 bits per heavy atom. The summed E-state index contributed by atoms with van der Waals surface area (Å²) in [6.45, 7) is 3.21. The zero-order chi connectivity index (χ0) is 12.0. The third-order valence-electron chi connectivity index (χ3n) is 2.72. The third-order valence-corrected chi connectivity index (χ3v) is 2.72. The fraction of sp³-hybridized carbons (Fsp3) is 0.800. The summed E-state index contributed by atoms with van der Waals surface area (Å²) in [5, 5.41) is 14.6. The number of nitrogens with one attached hydrogen (secondary N) is 2. The molecule has 16 heavy (non-hydrogen) atoms. The first-order valence-electron chi connectivity index (χ1n) is 5.43. The second kappa shape index (κ2) is 5.81. The van der Waals surface area contributed by atoms with E-state index in [1.165, 1.54) is 0 Å². The molecule has 0 bridgehead atoms. The minimum absolute atomic E-state index is 0.0279. The van der Waals surface area contributed by atoms with E-state index in [2.05, 4.69) is 10.6 Å². The van der Waals surface area contributed by atoms with Gasteiger partial charge in [-0.15, -0.1) is 0 Å². The van der Waals surface area contributed by atoms with Gasteiger partial charge in [0.2, 0.25) is 5.91 Å². The van der Waals surface area contributed by atoms with Crippen molar-refractivity contribution in [1.82, 2.24) is 10.6 Å². The molecule has 0 atom stereocenters. The van der Waals surface area contributed by atoms with Crippen molar-refractivity contribution in [1.29, 1.82) is 0 Å². The Labute approximate surface area is 94.3 Å². The predicted molar refractivity (Wildman–Crippen MR) is 57.1 cm³/mol. The summed E-state index contributed by atoms with van der Waals surface area (Å²) >= 11 is 0. The molecular formula is C10H18N2O4. The Kier molecular flexibility index (Phi) is 4.70. The molecule has 0 spiro atoms. The van der Waals surface area contributed by atoms with E-state index in [9.17, 15) is 14.7 Å². The summed E-state index contributed by atoms with van der Waals surface area (Å²) < 4.78 is 5.13.